The molecule has 0 unspecified atom stereocenters. The number of benzene rings is 1. The second kappa shape index (κ2) is 9.71. The highest BCUT2D eigenvalue weighted by Crippen LogP contribution is 2.26. The minimum Gasteiger partial charge on any atom is -0.379 e. The van der Waals surface area contributed by atoms with Gasteiger partial charge in [-0.1, -0.05) is 30.3 Å². The minimum absolute atomic E-state index is 0. The molecule has 2 fully saturated rings. The van der Waals surface area contributed by atoms with E-state index in [9.17, 15) is 0 Å². The normalized spacial score (nSPS) is 26.2. The lowest BCUT2D eigenvalue weighted by molar-refractivity contribution is 0.0343. The zero-order chi connectivity index (χ0) is 13.8. The van der Waals surface area contributed by atoms with Crippen molar-refractivity contribution in [3.05, 3.63) is 35.9 Å². The van der Waals surface area contributed by atoms with Gasteiger partial charge in [-0.15, -0.1) is 24.8 Å². The van der Waals surface area contributed by atoms with Crippen LogP contribution in [0.3, 0.4) is 0 Å². The number of halogens is 2. The van der Waals surface area contributed by atoms with Crippen LogP contribution in [0.4, 0.5) is 0 Å². The first-order valence-electron chi connectivity index (χ1n) is 7.66. The van der Waals surface area contributed by atoms with Crippen LogP contribution in [0.25, 0.3) is 0 Å². The lowest BCUT2D eigenvalue weighted by atomic mass is 9.95. The second-order valence-electron chi connectivity index (χ2n) is 5.89. The Kier molecular flexibility index (Phi) is 8.69. The molecule has 4 nitrogen and oxygen atoms in total. The standard InChI is InChI=1S/C16H25N3O.2ClH/c17-16-13-19(7-6-18-8-10-20-11-9-18)12-15(16)14-4-2-1-3-5-14;;/h1-5,15-16H,6-13,17H2;2*1H/t15-,16+;;/m0../s1. The van der Waals surface area contributed by atoms with Crippen molar-refractivity contribution in [2.75, 3.05) is 52.5 Å². The lowest BCUT2D eigenvalue weighted by Gasteiger charge is -2.28. The predicted molar refractivity (Wildman–Crippen MR) is 95.4 cm³/mol. The zero-order valence-corrected chi connectivity index (χ0v) is 14.5. The third-order valence-electron chi connectivity index (χ3n) is 4.50. The van der Waals surface area contributed by atoms with Crippen molar-refractivity contribution in [2.45, 2.75) is 12.0 Å². The van der Waals surface area contributed by atoms with Crippen LogP contribution in [0.15, 0.2) is 30.3 Å². The Hall–Kier alpha value is -0.360. The van der Waals surface area contributed by atoms with Crippen molar-refractivity contribution < 1.29 is 4.74 Å². The summed E-state index contributed by atoms with van der Waals surface area (Å²) >= 11 is 0. The Labute approximate surface area is 145 Å². The van der Waals surface area contributed by atoms with Crippen LogP contribution < -0.4 is 5.73 Å². The van der Waals surface area contributed by atoms with Crippen LogP contribution in [0.1, 0.15) is 11.5 Å². The monoisotopic (exact) mass is 347 g/mol. The number of morpholine rings is 1. The molecule has 1 aromatic rings. The SMILES string of the molecule is Cl.Cl.N[C@@H]1CN(CCN2CCOCC2)C[C@H]1c1ccccc1. The molecule has 2 saturated heterocycles. The average molecular weight is 348 g/mol. The summed E-state index contributed by atoms with van der Waals surface area (Å²) in [4.78, 5) is 5.00. The van der Waals surface area contributed by atoms with Crippen LogP contribution in [0, 0.1) is 0 Å². The first-order valence-corrected chi connectivity index (χ1v) is 7.66. The first-order chi connectivity index (χ1) is 9.83. The fourth-order valence-electron chi connectivity index (χ4n) is 3.26. The summed E-state index contributed by atoms with van der Waals surface area (Å²) in [6, 6.07) is 11.0. The number of nitrogens with two attached hydrogens (primary N) is 1. The van der Waals surface area contributed by atoms with E-state index in [0.717, 1.165) is 52.5 Å². The Balaban J connectivity index is 0.00000121. The van der Waals surface area contributed by atoms with Gasteiger partial charge in [0.1, 0.15) is 0 Å². The number of rotatable bonds is 4. The Morgan fingerprint density at radius 3 is 2.27 bits per heavy atom. The van der Waals surface area contributed by atoms with Gasteiger partial charge in [-0.05, 0) is 5.56 Å². The third-order valence-corrected chi connectivity index (χ3v) is 4.50. The zero-order valence-electron chi connectivity index (χ0n) is 12.9. The van der Waals surface area contributed by atoms with E-state index in [-0.39, 0.29) is 30.9 Å². The van der Waals surface area contributed by atoms with E-state index in [4.69, 9.17) is 10.5 Å². The largest absolute Gasteiger partial charge is 0.379 e. The summed E-state index contributed by atoms with van der Waals surface area (Å²) in [6.45, 7) is 8.27. The summed E-state index contributed by atoms with van der Waals surface area (Å²) in [5, 5.41) is 0. The molecule has 2 aliphatic rings. The number of nitrogens with zero attached hydrogens (tertiary/aromatic N) is 2. The van der Waals surface area contributed by atoms with E-state index in [2.05, 4.69) is 40.1 Å². The number of ether oxygens (including phenoxy) is 1. The van der Waals surface area contributed by atoms with Gasteiger partial charge >= 0.3 is 0 Å². The second-order valence-corrected chi connectivity index (χ2v) is 5.89. The molecule has 126 valence electrons. The maximum absolute atomic E-state index is 6.33. The van der Waals surface area contributed by atoms with Crippen LogP contribution >= 0.6 is 24.8 Å². The fraction of sp³-hybridized carbons (Fsp3) is 0.625. The van der Waals surface area contributed by atoms with E-state index in [0.29, 0.717) is 5.92 Å². The first kappa shape index (κ1) is 19.7. The molecule has 3 rings (SSSR count). The van der Waals surface area contributed by atoms with Gasteiger partial charge in [0.2, 0.25) is 0 Å². The van der Waals surface area contributed by atoms with Gasteiger partial charge in [0.25, 0.3) is 0 Å². The van der Waals surface area contributed by atoms with Crippen LogP contribution in [-0.4, -0.2) is 68.3 Å². The van der Waals surface area contributed by atoms with E-state index >= 15 is 0 Å². The van der Waals surface area contributed by atoms with Gasteiger partial charge in [0.05, 0.1) is 13.2 Å². The molecular weight excluding hydrogens is 321 g/mol. The number of hydrogen-bond acceptors (Lipinski definition) is 4. The van der Waals surface area contributed by atoms with E-state index in [1.54, 1.807) is 0 Å². The summed E-state index contributed by atoms with van der Waals surface area (Å²) in [5.74, 6) is 0.487. The van der Waals surface area contributed by atoms with Crippen molar-refractivity contribution in [3.8, 4) is 0 Å². The molecule has 0 amide bonds. The molecule has 0 radical (unpaired) electrons. The summed E-state index contributed by atoms with van der Waals surface area (Å²) in [6.07, 6.45) is 0. The summed E-state index contributed by atoms with van der Waals surface area (Å²) in [5.41, 5.74) is 7.72. The molecule has 2 aliphatic heterocycles. The van der Waals surface area contributed by atoms with Gasteiger partial charge in [-0.2, -0.15) is 0 Å². The smallest absolute Gasteiger partial charge is 0.0594 e. The van der Waals surface area contributed by atoms with E-state index in [1.165, 1.54) is 5.56 Å². The van der Waals surface area contributed by atoms with Crippen molar-refractivity contribution in [1.29, 1.82) is 0 Å². The molecular formula is C16H27Cl2N3O. The van der Waals surface area contributed by atoms with Gasteiger partial charge in [-0.3, -0.25) is 9.80 Å². The van der Waals surface area contributed by atoms with Crippen molar-refractivity contribution >= 4 is 24.8 Å². The molecule has 2 heterocycles. The number of hydrogen-bond donors (Lipinski definition) is 1. The van der Waals surface area contributed by atoms with Gasteiger partial charge in [-0.25, -0.2) is 0 Å². The maximum Gasteiger partial charge on any atom is 0.0594 e. The molecule has 0 aliphatic carbocycles. The highest BCUT2D eigenvalue weighted by molar-refractivity contribution is 5.85. The highest BCUT2D eigenvalue weighted by Gasteiger charge is 2.31. The molecule has 0 bridgehead atoms. The lowest BCUT2D eigenvalue weighted by Crippen LogP contribution is -2.41. The molecule has 22 heavy (non-hydrogen) atoms. The van der Waals surface area contributed by atoms with Crippen molar-refractivity contribution in [1.82, 2.24) is 9.80 Å². The topological polar surface area (TPSA) is 41.7 Å². The minimum atomic E-state index is 0. The molecule has 1 aromatic carbocycles. The van der Waals surface area contributed by atoms with Crippen LogP contribution in [0.5, 0.6) is 0 Å². The van der Waals surface area contributed by atoms with E-state index in [1.807, 2.05) is 0 Å². The summed E-state index contributed by atoms with van der Waals surface area (Å²) < 4.78 is 5.39. The molecule has 2 atom stereocenters. The Morgan fingerprint density at radius 2 is 1.59 bits per heavy atom. The maximum atomic E-state index is 6.33. The van der Waals surface area contributed by atoms with Gasteiger partial charge in [0.15, 0.2) is 0 Å². The summed E-state index contributed by atoms with van der Waals surface area (Å²) in [7, 11) is 0. The van der Waals surface area contributed by atoms with E-state index < -0.39 is 0 Å². The Bertz CT molecular complexity index is 415. The Morgan fingerprint density at radius 1 is 0.955 bits per heavy atom. The average Bonchev–Trinajstić information content (AvgIpc) is 2.88. The molecule has 0 saturated carbocycles. The van der Waals surface area contributed by atoms with Crippen molar-refractivity contribution in [3.63, 3.8) is 0 Å². The third kappa shape index (κ3) is 5.08. The molecule has 6 heteroatoms. The van der Waals surface area contributed by atoms with Crippen molar-refractivity contribution in [2.24, 2.45) is 5.73 Å². The van der Waals surface area contributed by atoms with Crippen LogP contribution in [-0.2, 0) is 4.74 Å². The van der Waals surface area contributed by atoms with Gasteiger partial charge < -0.3 is 10.5 Å². The quantitative estimate of drug-likeness (QED) is 0.897. The fourth-order valence-corrected chi connectivity index (χ4v) is 3.26. The van der Waals surface area contributed by atoms with Gasteiger partial charge in [0, 0.05) is 51.2 Å². The molecule has 0 aromatic heterocycles. The highest BCUT2D eigenvalue weighted by atomic mass is 35.5. The molecule has 0 spiro atoms. The molecule has 2 N–H and O–H groups in total. The predicted octanol–water partition coefficient (Wildman–Crippen LogP) is 1.59. The number of likely N-dealkylation sites (tertiary alicyclic amines) is 1. The van der Waals surface area contributed by atoms with Crippen LogP contribution in [0.2, 0.25) is 0 Å².